The molecule has 8 nitrogen and oxygen atoms in total. The standard InChI is InChI=1S/C25H28N2O6/c1-26(13-16-7-8-18-12-19(32-2)10-9-17(18)11-16)22(28)15-33-23(29)14-27-24(30)20-5-3-4-6-21(20)25(27)31/h7-12,20-21H,3-6,13-15H2,1-2H3/t20-,21+. The maximum atomic E-state index is 12.5. The monoisotopic (exact) mass is 452 g/mol. The Kier molecular flexibility index (Phi) is 6.62. The van der Waals surface area contributed by atoms with E-state index in [1.807, 2.05) is 36.4 Å². The summed E-state index contributed by atoms with van der Waals surface area (Å²) < 4.78 is 10.3. The van der Waals surface area contributed by atoms with Crippen molar-refractivity contribution in [1.82, 2.24) is 9.80 Å². The second-order valence-corrected chi connectivity index (χ2v) is 8.72. The summed E-state index contributed by atoms with van der Waals surface area (Å²) in [5, 5.41) is 2.06. The molecule has 3 amide bonds. The van der Waals surface area contributed by atoms with Gasteiger partial charge in [0.05, 0.1) is 18.9 Å². The zero-order valence-corrected chi connectivity index (χ0v) is 18.9. The first-order chi connectivity index (χ1) is 15.9. The third-order valence-corrected chi connectivity index (χ3v) is 6.53. The van der Waals surface area contributed by atoms with Gasteiger partial charge in [-0.25, -0.2) is 0 Å². The lowest BCUT2D eigenvalue weighted by molar-refractivity contribution is -0.156. The second-order valence-electron chi connectivity index (χ2n) is 8.72. The van der Waals surface area contributed by atoms with Crippen LogP contribution in [0.1, 0.15) is 31.2 Å². The molecule has 1 saturated heterocycles. The van der Waals surface area contributed by atoms with E-state index in [-0.39, 0.29) is 29.6 Å². The molecule has 1 saturated carbocycles. The van der Waals surface area contributed by atoms with Crippen molar-refractivity contribution in [2.75, 3.05) is 27.3 Å². The van der Waals surface area contributed by atoms with Crippen LogP contribution in [0.4, 0.5) is 0 Å². The van der Waals surface area contributed by atoms with E-state index in [0.717, 1.165) is 39.8 Å². The summed E-state index contributed by atoms with van der Waals surface area (Å²) in [5.74, 6) is -1.55. The fourth-order valence-electron chi connectivity index (χ4n) is 4.67. The number of benzene rings is 2. The Morgan fingerprint density at radius 1 is 1.00 bits per heavy atom. The summed E-state index contributed by atoms with van der Waals surface area (Å²) in [6.45, 7) is -0.524. The number of carbonyl (C=O) groups excluding carboxylic acids is 4. The van der Waals surface area contributed by atoms with Gasteiger partial charge in [-0.2, -0.15) is 0 Å². The zero-order chi connectivity index (χ0) is 23.5. The molecule has 2 aromatic rings. The minimum Gasteiger partial charge on any atom is -0.497 e. The van der Waals surface area contributed by atoms with Crippen molar-refractivity contribution < 1.29 is 28.7 Å². The molecule has 0 spiro atoms. The van der Waals surface area contributed by atoms with Crippen LogP contribution in [0.5, 0.6) is 5.75 Å². The number of rotatable bonds is 7. The van der Waals surface area contributed by atoms with Gasteiger partial charge in [-0.15, -0.1) is 0 Å². The number of carbonyl (C=O) groups is 4. The first kappa shape index (κ1) is 22.8. The van der Waals surface area contributed by atoms with Crippen LogP contribution in [0, 0.1) is 11.8 Å². The SMILES string of the molecule is COc1ccc2cc(CN(C)C(=O)COC(=O)CN3C(=O)[C@H]4CCCC[C@H]4C3=O)ccc2c1. The molecular formula is C25H28N2O6. The van der Waals surface area contributed by atoms with Crippen LogP contribution in [0.2, 0.25) is 0 Å². The Balaban J connectivity index is 1.28. The Morgan fingerprint density at radius 2 is 1.64 bits per heavy atom. The molecule has 0 bridgehead atoms. The van der Waals surface area contributed by atoms with Crippen molar-refractivity contribution in [3.05, 3.63) is 42.0 Å². The summed E-state index contributed by atoms with van der Waals surface area (Å²) in [5.41, 5.74) is 0.936. The van der Waals surface area contributed by atoms with Gasteiger partial charge in [0.15, 0.2) is 6.61 Å². The van der Waals surface area contributed by atoms with E-state index in [9.17, 15) is 19.2 Å². The summed E-state index contributed by atoms with van der Waals surface area (Å²) in [4.78, 5) is 52.1. The molecule has 0 radical (unpaired) electrons. The Morgan fingerprint density at radius 3 is 2.30 bits per heavy atom. The van der Waals surface area contributed by atoms with E-state index < -0.39 is 19.1 Å². The predicted octanol–water partition coefficient (Wildman–Crippen LogP) is 2.53. The maximum Gasteiger partial charge on any atom is 0.326 e. The van der Waals surface area contributed by atoms with E-state index in [2.05, 4.69) is 0 Å². The quantitative estimate of drug-likeness (QED) is 0.473. The fraction of sp³-hybridized carbons (Fsp3) is 0.440. The molecular weight excluding hydrogens is 424 g/mol. The first-order valence-electron chi connectivity index (χ1n) is 11.2. The molecule has 2 fully saturated rings. The Bertz CT molecular complexity index is 1070. The second kappa shape index (κ2) is 9.60. The molecule has 2 aromatic carbocycles. The number of hydrogen-bond donors (Lipinski definition) is 0. The number of hydrogen-bond acceptors (Lipinski definition) is 6. The number of likely N-dealkylation sites (tertiary alicyclic amines) is 1. The number of methoxy groups -OCH3 is 1. The van der Waals surface area contributed by atoms with Crippen molar-refractivity contribution in [2.45, 2.75) is 32.2 Å². The Hall–Kier alpha value is -3.42. The summed E-state index contributed by atoms with van der Waals surface area (Å²) in [6.07, 6.45) is 3.22. The smallest absolute Gasteiger partial charge is 0.326 e. The molecule has 2 aliphatic rings. The van der Waals surface area contributed by atoms with Crippen molar-refractivity contribution in [3.63, 3.8) is 0 Å². The van der Waals surface area contributed by atoms with Gasteiger partial charge in [0, 0.05) is 13.6 Å². The predicted molar refractivity (Wildman–Crippen MR) is 120 cm³/mol. The first-order valence-corrected chi connectivity index (χ1v) is 11.2. The third kappa shape index (κ3) is 4.84. The molecule has 33 heavy (non-hydrogen) atoms. The van der Waals surface area contributed by atoms with Gasteiger partial charge in [-0.3, -0.25) is 24.1 Å². The van der Waals surface area contributed by atoms with Gasteiger partial charge in [0.25, 0.3) is 5.91 Å². The highest BCUT2D eigenvalue weighted by Gasteiger charge is 2.48. The topological polar surface area (TPSA) is 93.2 Å². The number of esters is 1. The van der Waals surface area contributed by atoms with Gasteiger partial charge in [0.2, 0.25) is 11.8 Å². The minimum absolute atomic E-state index is 0.293. The van der Waals surface area contributed by atoms with Gasteiger partial charge in [-0.05, 0) is 47.4 Å². The Labute approximate surface area is 192 Å². The lowest BCUT2D eigenvalue weighted by atomic mass is 9.81. The van der Waals surface area contributed by atoms with Crippen LogP contribution in [-0.4, -0.2) is 60.8 Å². The molecule has 1 aliphatic heterocycles. The normalized spacial score (nSPS) is 20.0. The molecule has 0 N–H and O–H groups in total. The van der Waals surface area contributed by atoms with E-state index in [0.29, 0.717) is 19.4 Å². The van der Waals surface area contributed by atoms with Crippen LogP contribution < -0.4 is 4.74 Å². The third-order valence-electron chi connectivity index (χ3n) is 6.53. The highest BCUT2D eigenvalue weighted by molar-refractivity contribution is 6.07. The van der Waals surface area contributed by atoms with Gasteiger partial charge in [-0.1, -0.05) is 31.0 Å². The number of imide groups is 1. The lowest BCUT2D eigenvalue weighted by Gasteiger charge is -2.19. The molecule has 8 heteroatoms. The van der Waals surface area contributed by atoms with Crippen LogP contribution in [0.25, 0.3) is 10.8 Å². The number of amides is 3. The largest absolute Gasteiger partial charge is 0.497 e. The van der Waals surface area contributed by atoms with Gasteiger partial charge < -0.3 is 14.4 Å². The fourth-order valence-corrected chi connectivity index (χ4v) is 4.67. The maximum absolute atomic E-state index is 12.5. The summed E-state index contributed by atoms with van der Waals surface area (Å²) >= 11 is 0. The van der Waals surface area contributed by atoms with Crippen molar-refractivity contribution in [2.24, 2.45) is 11.8 Å². The average Bonchev–Trinajstić information content (AvgIpc) is 3.07. The van der Waals surface area contributed by atoms with Crippen LogP contribution in [-0.2, 0) is 30.5 Å². The highest BCUT2D eigenvalue weighted by atomic mass is 16.5. The lowest BCUT2D eigenvalue weighted by Crippen LogP contribution is -2.38. The number of ether oxygens (including phenoxy) is 2. The van der Waals surface area contributed by atoms with Crippen molar-refractivity contribution in [3.8, 4) is 5.75 Å². The molecule has 1 heterocycles. The number of fused-ring (bicyclic) bond motifs is 2. The van der Waals surface area contributed by atoms with E-state index in [1.54, 1.807) is 14.2 Å². The number of likely N-dealkylation sites (N-methyl/N-ethyl adjacent to an activating group) is 1. The van der Waals surface area contributed by atoms with E-state index >= 15 is 0 Å². The average molecular weight is 453 g/mol. The minimum atomic E-state index is -0.753. The highest BCUT2D eigenvalue weighted by Crippen LogP contribution is 2.37. The molecule has 4 rings (SSSR count). The van der Waals surface area contributed by atoms with Crippen LogP contribution in [0.3, 0.4) is 0 Å². The molecule has 0 aromatic heterocycles. The van der Waals surface area contributed by atoms with Crippen molar-refractivity contribution >= 4 is 34.5 Å². The molecule has 2 atom stereocenters. The van der Waals surface area contributed by atoms with Crippen molar-refractivity contribution in [1.29, 1.82) is 0 Å². The van der Waals surface area contributed by atoms with E-state index in [1.165, 1.54) is 4.90 Å². The summed E-state index contributed by atoms with van der Waals surface area (Å²) in [7, 11) is 3.25. The van der Waals surface area contributed by atoms with E-state index in [4.69, 9.17) is 9.47 Å². The van der Waals surface area contributed by atoms with Crippen LogP contribution >= 0.6 is 0 Å². The van der Waals surface area contributed by atoms with Crippen LogP contribution in [0.15, 0.2) is 36.4 Å². The van der Waals surface area contributed by atoms with Gasteiger partial charge in [0.1, 0.15) is 12.3 Å². The summed E-state index contributed by atoms with van der Waals surface area (Å²) in [6, 6.07) is 11.7. The molecule has 174 valence electrons. The molecule has 0 unspecified atom stereocenters. The van der Waals surface area contributed by atoms with Gasteiger partial charge >= 0.3 is 5.97 Å². The zero-order valence-electron chi connectivity index (χ0n) is 18.9. The number of nitrogens with zero attached hydrogens (tertiary/aromatic N) is 2. The molecule has 1 aliphatic carbocycles.